The maximum absolute atomic E-state index is 12.1. The van der Waals surface area contributed by atoms with Crippen LogP contribution in [0.3, 0.4) is 0 Å². The zero-order valence-electron chi connectivity index (χ0n) is 9.39. The smallest absolute Gasteiger partial charge is 0.347 e. The first-order valence-electron chi connectivity index (χ1n) is 4.79. The summed E-state index contributed by atoms with van der Waals surface area (Å²) in [5.74, 6) is -2.09. The molecule has 0 saturated carbocycles. The van der Waals surface area contributed by atoms with Crippen molar-refractivity contribution in [3.63, 3.8) is 0 Å². The summed E-state index contributed by atoms with van der Waals surface area (Å²) in [5.41, 5.74) is -0.428. The minimum atomic E-state index is -4.62. The van der Waals surface area contributed by atoms with Gasteiger partial charge in [0.15, 0.2) is 5.78 Å². The molecule has 0 aliphatic rings. The number of hydrogen-bond acceptors (Lipinski definition) is 2. The molecule has 0 saturated heterocycles. The highest BCUT2D eigenvalue weighted by molar-refractivity contribution is 6.77. The number of nitrogens with zero attached hydrogens (tertiary/aromatic N) is 1. The summed E-state index contributed by atoms with van der Waals surface area (Å²) in [5, 5.41) is 0. The van der Waals surface area contributed by atoms with Crippen LogP contribution in [0.25, 0.3) is 0 Å². The van der Waals surface area contributed by atoms with E-state index in [1.165, 1.54) is 7.05 Å². The van der Waals surface area contributed by atoms with Gasteiger partial charge in [0, 0.05) is 18.8 Å². The Hall–Kier alpha value is -0.720. The fraction of sp³-hybridized carbons (Fsp3) is 0.400. The van der Waals surface area contributed by atoms with E-state index in [0.29, 0.717) is 0 Å². The van der Waals surface area contributed by atoms with Crippen LogP contribution in [-0.2, 0) is 7.05 Å². The van der Waals surface area contributed by atoms with Gasteiger partial charge in [-0.15, -0.1) is 0 Å². The summed E-state index contributed by atoms with van der Waals surface area (Å²) in [7, 11) is 1.36. The van der Waals surface area contributed by atoms with Crippen LogP contribution in [0.1, 0.15) is 27.3 Å². The fourth-order valence-corrected chi connectivity index (χ4v) is 1.66. The van der Waals surface area contributed by atoms with Crippen molar-refractivity contribution in [2.45, 2.75) is 16.4 Å². The highest BCUT2D eigenvalue weighted by Gasteiger charge is 2.35. The number of carbonyl (C=O) groups is 2. The van der Waals surface area contributed by atoms with Crippen molar-refractivity contribution >= 4 is 46.4 Å². The first kappa shape index (κ1) is 16.3. The predicted molar refractivity (Wildman–Crippen MR) is 65.0 cm³/mol. The second-order valence-corrected chi connectivity index (χ2v) is 6.05. The van der Waals surface area contributed by atoms with Crippen LogP contribution in [-0.4, -0.2) is 26.1 Å². The van der Waals surface area contributed by atoms with E-state index in [9.17, 15) is 22.8 Å². The van der Waals surface area contributed by atoms with Gasteiger partial charge in [-0.05, 0) is 6.07 Å². The molecule has 0 spiro atoms. The van der Waals surface area contributed by atoms with Crippen molar-refractivity contribution in [3.8, 4) is 0 Å². The molecule has 0 aliphatic carbocycles. The Morgan fingerprint density at radius 3 is 2.21 bits per heavy atom. The van der Waals surface area contributed by atoms with Crippen LogP contribution in [0.2, 0.25) is 0 Å². The Morgan fingerprint density at radius 2 is 1.79 bits per heavy atom. The number of ketones is 2. The van der Waals surface area contributed by atoms with Gasteiger partial charge in [0.2, 0.25) is 5.78 Å². The molecule has 1 aromatic rings. The van der Waals surface area contributed by atoms with Crippen LogP contribution in [0.5, 0.6) is 0 Å². The van der Waals surface area contributed by atoms with Crippen LogP contribution in [0, 0.1) is 0 Å². The largest absolute Gasteiger partial charge is 0.396 e. The van der Waals surface area contributed by atoms with Gasteiger partial charge < -0.3 is 4.57 Å². The summed E-state index contributed by atoms with van der Waals surface area (Å²) < 4.78 is 35.2. The van der Waals surface area contributed by atoms with Gasteiger partial charge in [0.05, 0.1) is 5.69 Å². The van der Waals surface area contributed by atoms with Gasteiger partial charge in [-0.2, -0.15) is 13.2 Å². The molecular formula is C10H7Cl3F3NO2. The van der Waals surface area contributed by atoms with Gasteiger partial charge in [-0.1, -0.05) is 34.8 Å². The number of Topliss-reactive ketones (excluding diaryl/α,β-unsaturated/α-hetero) is 2. The molecule has 0 aliphatic heterocycles. The molecule has 0 fully saturated rings. The lowest BCUT2D eigenvalue weighted by atomic mass is 10.1. The minimum absolute atomic E-state index is 0.162. The third-order valence-electron chi connectivity index (χ3n) is 2.18. The first-order valence-corrected chi connectivity index (χ1v) is 5.93. The van der Waals surface area contributed by atoms with Crippen molar-refractivity contribution < 1.29 is 22.8 Å². The number of rotatable bonds is 3. The maximum atomic E-state index is 12.1. The lowest BCUT2D eigenvalue weighted by Gasteiger charge is -2.09. The summed E-state index contributed by atoms with van der Waals surface area (Å²) in [6, 6.07) is 0.971. The number of halogens is 6. The summed E-state index contributed by atoms with van der Waals surface area (Å²) in [6.07, 6.45) is -5.15. The highest BCUT2D eigenvalue weighted by atomic mass is 35.6. The first-order chi connectivity index (χ1) is 8.42. The van der Waals surface area contributed by atoms with Crippen LogP contribution in [0.15, 0.2) is 12.3 Å². The van der Waals surface area contributed by atoms with Gasteiger partial charge in [-0.25, -0.2) is 0 Å². The lowest BCUT2D eigenvalue weighted by Crippen LogP contribution is -2.21. The van der Waals surface area contributed by atoms with E-state index in [0.717, 1.165) is 16.8 Å². The van der Waals surface area contributed by atoms with Crippen LogP contribution >= 0.6 is 34.8 Å². The standard InChI is InChI=1S/C10H7Cl3F3NO2/c1-17-4-5(7(18)3-9(14,15)16)2-6(17)8(19)10(11,12)13/h2,4H,3H2,1H3. The Kier molecular flexibility index (Phi) is 4.59. The third kappa shape index (κ3) is 4.40. The van der Waals surface area contributed by atoms with Crippen LogP contribution in [0.4, 0.5) is 13.2 Å². The molecule has 19 heavy (non-hydrogen) atoms. The van der Waals surface area contributed by atoms with E-state index >= 15 is 0 Å². The van der Waals surface area contributed by atoms with E-state index in [1.807, 2.05) is 0 Å². The second kappa shape index (κ2) is 5.34. The monoisotopic (exact) mass is 335 g/mol. The Balaban J connectivity index is 3.04. The van der Waals surface area contributed by atoms with E-state index in [2.05, 4.69) is 0 Å². The predicted octanol–water partition coefficient (Wildman–Crippen LogP) is 3.71. The molecule has 0 radical (unpaired) electrons. The molecule has 0 atom stereocenters. The molecule has 9 heteroatoms. The molecule has 106 valence electrons. The molecule has 0 aromatic carbocycles. The molecule has 0 amide bonds. The number of alkyl halides is 6. The number of carbonyl (C=O) groups excluding carboxylic acids is 2. The van der Waals surface area contributed by atoms with Crippen molar-refractivity contribution in [3.05, 3.63) is 23.5 Å². The normalized spacial score (nSPS) is 12.6. The summed E-state index contributed by atoms with van der Waals surface area (Å²) in [4.78, 5) is 23.0. The van der Waals surface area contributed by atoms with E-state index in [4.69, 9.17) is 34.8 Å². The number of aromatic nitrogens is 1. The molecular weight excluding hydrogens is 329 g/mol. The molecule has 0 unspecified atom stereocenters. The zero-order chi connectivity index (χ0) is 15.0. The van der Waals surface area contributed by atoms with E-state index in [1.54, 1.807) is 0 Å². The van der Waals surface area contributed by atoms with Gasteiger partial charge in [-0.3, -0.25) is 9.59 Å². The van der Waals surface area contributed by atoms with Gasteiger partial charge in [0.1, 0.15) is 6.42 Å². The van der Waals surface area contributed by atoms with Crippen molar-refractivity contribution in [1.82, 2.24) is 4.57 Å². The van der Waals surface area contributed by atoms with E-state index < -0.39 is 28.0 Å². The molecule has 0 bridgehead atoms. The Bertz CT molecular complexity index is 517. The van der Waals surface area contributed by atoms with Gasteiger partial charge in [0.25, 0.3) is 3.79 Å². The zero-order valence-corrected chi connectivity index (χ0v) is 11.7. The molecule has 1 heterocycles. The van der Waals surface area contributed by atoms with Crippen LogP contribution < -0.4 is 0 Å². The summed E-state index contributed by atoms with van der Waals surface area (Å²) >= 11 is 16.2. The average molecular weight is 337 g/mol. The van der Waals surface area contributed by atoms with Gasteiger partial charge >= 0.3 is 6.18 Å². The molecule has 1 rings (SSSR count). The topological polar surface area (TPSA) is 39.1 Å². The van der Waals surface area contributed by atoms with Crippen molar-refractivity contribution in [2.24, 2.45) is 7.05 Å². The lowest BCUT2D eigenvalue weighted by molar-refractivity contribution is -0.125. The van der Waals surface area contributed by atoms with Crippen molar-refractivity contribution in [1.29, 1.82) is 0 Å². The molecule has 1 aromatic heterocycles. The Labute approximate surface area is 121 Å². The minimum Gasteiger partial charge on any atom is -0.347 e. The molecule has 3 nitrogen and oxygen atoms in total. The quantitative estimate of drug-likeness (QED) is 0.623. The highest BCUT2D eigenvalue weighted by Crippen LogP contribution is 2.31. The maximum Gasteiger partial charge on any atom is 0.396 e. The van der Waals surface area contributed by atoms with Crippen molar-refractivity contribution in [2.75, 3.05) is 0 Å². The average Bonchev–Trinajstić information content (AvgIpc) is 2.55. The summed E-state index contributed by atoms with van der Waals surface area (Å²) in [6.45, 7) is 0. The molecule has 0 N–H and O–H groups in total. The third-order valence-corrected chi connectivity index (χ3v) is 2.69. The number of hydrogen-bond donors (Lipinski definition) is 0. The van der Waals surface area contributed by atoms with E-state index in [-0.39, 0.29) is 11.3 Å². The number of aryl methyl sites for hydroxylation is 1. The second-order valence-electron chi connectivity index (χ2n) is 3.77. The SMILES string of the molecule is Cn1cc(C(=O)CC(F)(F)F)cc1C(=O)C(Cl)(Cl)Cl. The fourth-order valence-electron chi connectivity index (χ4n) is 1.37. The Morgan fingerprint density at radius 1 is 1.26 bits per heavy atom.